The largest absolute Gasteiger partial charge is 0.508 e. The molecular formula is C18H21ClN3O+. The van der Waals surface area contributed by atoms with Gasteiger partial charge in [-0.1, -0.05) is 23.7 Å². The number of quaternary nitrogens is 1. The second kappa shape index (κ2) is 7.49. The van der Waals surface area contributed by atoms with Crippen LogP contribution in [0.25, 0.3) is 0 Å². The average Bonchev–Trinajstić information content (AvgIpc) is 2.58. The number of nitrogens with zero attached hydrogens (tertiary/aromatic N) is 2. The highest BCUT2D eigenvalue weighted by Gasteiger charge is 2.18. The summed E-state index contributed by atoms with van der Waals surface area (Å²) in [6.07, 6.45) is 1.85. The Labute approximate surface area is 141 Å². The second-order valence-corrected chi connectivity index (χ2v) is 6.28. The molecule has 5 heteroatoms. The number of hydrazone groups is 1. The lowest BCUT2D eigenvalue weighted by Gasteiger charge is -2.30. The molecule has 1 aliphatic rings. The zero-order valence-corrected chi connectivity index (χ0v) is 13.7. The molecule has 0 unspecified atom stereocenters. The van der Waals surface area contributed by atoms with E-state index in [9.17, 15) is 5.11 Å². The molecule has 2 N–H and O–H groups in total. The lowest BCUT2D eigenvalue weighted by Crippen LogP contribution is -3.13. The van der Waals surface area contributed by atoms with Gasteiger partial charge in [0.2, 0.25) is 0 Å². The van der Waals surface area contributed by atoms with Crippen molar-refractivity contribution < 1.29 is 10.0 Å². The first-order valence-corrected chi connectivity index (χ1v) is 8.23. The number of hydrogen-bond acceptors (Lipinski definition) is 3. The van der Waals surface area contributed by atoms with Gasteiger partial charge < -0.3 is 10.0 Å². The summed E-state index contributed by atoms with van der Waals surface area (Å²) in [6, 6.07) is 15.2. The molecule has 1 heterocycles. The number of nitrogens with one attached hydrogen (secondary N) is 1. The smallest absolute Gasteiger partial charge is 0.115 e. The third-order valence-electron chi connectivity index (χ3n) is 4.08. The fourth-order valence-corrected chi connectivity index (χ4v) is 2.83. The van der Waals surface area contributed by atoms with Crippen LogP contribution in [0.5, 0.6) is 5.75 Å². The third-order valence-corrected chi connectivity index (χ3v) is 4.33. The van der Waals surface area contributed by atoms with E-state index in [-0.39, 0.29) is 5.75 Å². The van der Waals surface area contributed by atoms with Crippen molar-refractivity contribution >= 4 is 17.8 Å². The van der Waals surface area contributed by atoms with Crippen molar-refractivity contribution in [2.75, 3.05) is 26.2 Å². The van der Waals surface area contributed by atoms with Gasteiger partial charge in [-0.05, 0) is 42.0 Å². The summed E-state index contributed by atoms with van der Waals surface area (Å²) in [7, 11) is 0. The maximum absolute atomic E-state index is 9.27. The van der Waals surface area contributed by atoms with Crippen LogP contribution in [-0.2, 0) is 6.54 Å². The zero-order valence-electron chi connectivity index (χ0n) is 13.0. The fraction of sp³-hybridized carbons (Fsp3) is 0.278. The topological polar surface area (TPSA) is 40.3 Å². The minimum absolute atomic E-state index is 0.279. The number of halogens is 1. The van der Waals surface area contributed by atoms with E-state index in [0.29, 0.717) is 0 Å². The highest BCUT2D eigenvalue weighted by Crippen LogP contribution is 2.09. The molecule has 1 saturated heterocycles. The molecule has 0 saturated carbocycles. The van der Waals surface area contributed by atoms with E-state index in [1.165, 1.54) is 5.56 Å². The molecule has 0 amide bonds. The van der Waals surface area contributed by atoms with Crippen LogP contribution in [0.15, 0.2) is 53.6 Å². The number of hydrogen-bond donors (Lipinski definition) is 2. The minimum atomic E-state index is 0.279. The van der Waals surface area contributed by atoms with Crippen molar-refractivity contribution in [3.05, 3.63) is 64.7 Å². The maximum Gasteiger partial charge on any atom is 0.115 e. The number of rotatable bonds is 4. The molecule has 2 aromatic carbocycles. The summed E-state index contributed by atoms with van der Waals surface area (Å²) in [5.41, 5.74) is 2.32. The zero-order chi connectivity index (χ0) is 16.1. The van der Waals surface area contributed by atoms with Gasteiger partial charge in [0, 0.05) is 10.6 Å². The molecule has 120 valence electrons. The van der Waals surface area contributed by atoms with E-state index >= 15 is 0 Å². The van der Waals surface area contributed by atoms with E-state index in [0.717, 1.165) is 43.3 Å². The van der Waals surface area contributed by atoms with E-state index in [2.05, 4.69) is 22.2 Å². The first kappa shape index (κ1) is 15.8. The lowest BCUT2D eigenvalue weighted by molar-refractivity contribution is -0.918. The van der Waals surface area contributed by atoms with E-state index in [4.69, 9.17) is 11.6 Å². The van der Waals surface area contributed by atoms with Gasteiger partial charge in [-0.25, -0.2) is 0 Å². The van der Waals surface area contributed by atoms with Crippen LogP contribution in [0.4, 0.5) is 0 Å². The monoisotopic (exact) mass is 330 g/mol. The molecule has 2 aromatic rings. The molecule has 0 aliphatic carbocycles. The van der Waals surface area contributed by atoms with Crippen molar-refractivity contribution in [1.82, 2.24) is 5.01 Å². The Morgan fingerprint density at radius 1 is 1.04 bits per heavy atom. The SMILES string of the molecule is Oc1ccc(C=NN2CC[NH+](Cc3ccc(Cl)cc3)CC2)cc1. The van der Waals surface area contributed by atoms with Gasteiger partial charge in [-0.2, -0.15) is 5.10 Å². The van der Waals surface area contributed by atoms with Gasteiger partial charge in [0.15, 0.2) is 0 Å². The molecule has 0 radical (unpaired) electrons. The van der Waals surface area contributed by atoms with Crippen LogP contribution in [-0.4, -0.2) is 42.5 Å². The van der Waals surface area contributed by atoms with E-state index < -0.39 is 0 Å². The predicted molar refractivity (Wildman–Crippen MR) is 93.1 cm³/mol. The van der Waals surface area contributed by atoms with Gasteiger partial charge in [0.05, 0.1) is 32.4 Å². The number of phenolic OH excluding ortho intramolecular Hbond substituents is 1. The van der Waals surface area contributed by atoms with Crippen molar-refractivity contribution in [3.8, 4) is 5.75 Å². The standard InChI is InChI=1S/C18H20ClN3O/c19-17-5-1-16(2-6-17)14-21-9-11-22(12-10-21)20-13-15-3-7-18(23)8-4-15/h1-8,13,23H,9-12,14H2/p+1. The molecule has 3 rings (SSSR count). The average molecular weight is 331 g/mol. The van der Waals surface area contributed by atoms with Crippen molar-refractivity contribution in [1.29, 1.82) is 0 Å². The van der Waals surface area contributed by atoms with Gasteiger partial charge in [0.25, 0.3) is 0 Å². The Hall–Kier alpha value is -2.04. The van der Waals surface area contributed by atoms with Gasteiger partial charge >= 0.3 is 0 Å². The molecule has 0 spiro atoms. The highest BCUT2D eigenvalue weighted by atomic mass is 35.5. The molecule has 23 heavy (non-hydrogen) atoms. The number of piperazine rings is 1. The van der Waals surface area contributed by atoms with Crippen LogP contribution < -0.4 is 4.90 Å². The number of aromatic hydroxyl groups is 1. The van der Waals surface area contributed by atoms with Crippen LogP contribution >= 0.6 is 11.6 Å². The molecule has 0 atom stereocenters. The summed E-state index contributed by atoms with van der Waals surface area (Å²) < 4.78 is 0. The van der Waals surface area contributed by atoms with Gasteiger partial charge in [-0.3, -0.25) is 5.01 Å². The summed E-state index contributed by atoms with van der Waals surface area (Å²) in [6.45, 7) is 5.10. The van der Waals surface area contributed by atoms with Crippen molar-refractivity contribution in [2.45, 2.75) is 6.54 Å². The number of benzene rings is 2. The fourth-order valence-electron chi connectivity index (χ4n) is 2.70. The Bertz CT molecular complexity index is 647. The summed E-state index contributed by atoms with van der Waals surface area (Å²) >= 11 is 5.92. The first-order chi connectivity index (χ1) is 11.2. The van der Waals surface area contributed by atoms with Crippen molar-refractivity contribution in [2.24, 2.45) is 5.10 Å². The molecule has 0 bridgehead atoms. The summed E-state index contributed by atoms with van der Waals surface area (Å²) in [4.78, 5) is 1.57. The maximum atomic E-state index is 9.27. The Kier molecular flexibility index (Phi) is 5.16. The van der Waals surface area contributed by atoms with Crippen molar-refractivity contribution in [3.63, 3.8) is 0 Å². The number of phenols is 1. The first-order valence-electron chi connectivity index (χ1n) is 7.85. The normalized spacial score (nSPS) is 16.1. The highest BCUT2D eigenvalue weighted by molar-refractivity contribution is 6.30. The second-order valence-electron chi connectivity index (χ2n) is 5.84. The van der Waals surface area contributed by atoms with Crippen LogP contribution in [0.3, 0.4) is 0 Å². The molecule has 0 aromatic heterocycles. The Morgan fingerprint density at radius 3 is 2.35 bits per heavy atom. The van der Waals surface area contributed by atoms with Gasteiger partial charge in [-0.15, -0.1) is 0 Å². The summed E-state index contributed by atoms with van der Waals surface area (Å²) in [5.74, 6) is 0.279. The van der Waals surface area contributed by atoms with Gasteiger partial charge in [0.1, 0.15) is 12.3 Å². The van der Waals surface area contributed by atoms with Crippen LogP contribution in [0.1, 0.15) is 11.1 Å². The van der Waals surface area contributed by atoms with Crippen LogP contribution in [0.2, 0.25) is 5.02 Å². The quantitative estimate of drug-likeness (QED) is 0.839. The summed E-state index contributed by atoms with van der Waals surface area (Å²) in [5, 5.41) is 16.7. The molecular weight excluding hydrogens is 310 g/mol. The molecule has 1 fully saturated rings. The predicted octanol–water partition coefficient (Wildman–Crippen LogP) is 1.78. The Morgan fingerprint density at radius 2 is 1.70 bits per heavy atom. The minimum Gasteiger partial charge on any atom is -0.508 e. The lowest BCUT2D eigenvalue weighted by atomic mass is 10.2. The van der Waals surface area contributed by atoms with Crippen LogP contribution in [0, 0.1) is 0 Å². The van der Waals surface area contributed by atoms with E-state index in [1.807, 2.05) is 30.5 Å². The Balaban J connectivity index is 1.48. The molecule has 4 nitrogen and oxygen atoms in total. The third kappa shape index (κ3) is 4.71. The molecule has 1 aliphatic heterocycles. The van der Waals surface area contributed by atoms with E-state index in [1.54, 1.807) is 17.0 Å².